The topological polar surface area (TPSA) is 176 Å². The quantitative estimate of drug-likeness (QED) is 0.261. The van der Waals surface area contributed by atoms with Crippen LogP contribution in [0.15, 0.2) is 30.9 Å². The summed E-state index contributed by atoms with van der Waals surface area (Å²) in [5.74, 6) is -1.47. The molecule has 0 spiro atoms. The molecule has 1 aromatic rings. The molecule has 4 bridgehead atoms. The smallest absolute Gasteiger partial charge is 0.408 e. The van der Waals surface area contributed by atoms with Crippen LogP contribution >= 0.6 is 0 Å². The van der Waals surface area contributed by atoms with E-state index in [9.17, 15) is 22.8 Å². The number of piperidine rings is 1. The van der Waals surface area contributed by atoms with Gasteiger partial charge in [-0.15, -0.1) is 6.58 Å². The van der Waals surface area contributed by atoms with Crippen molar-refractivity contribution < 1.29 is 41.9 Å². The van der Waals surface area contributed by atoms with Gasteiger partial charge in [-0.05, 0) is 121 Å². The van der Waals surface area contributed by atoms with Crippen molar-refractivity contribution in [2.45, 2.75) is 182 Å². The van der Waals surface area contributed by atoms with Crippen LogP contribution < -0.4 is 25.2 Å². The lowest BCUT2D eigenvalue weighted by molar-refractivity contribution is -0.142. The molecule has 3 saturated heterocycles. The van der Waals surface area contributed by atoms with Crippen LogP contribution in [0, 0.1) is 17.8 Å². The number of fused-ring (bicyclic) bond motifs is 8. The van der Waals surface area contributed by atoms with Gasteiger partial charge in [0.05, 0.1) is 29.6 Å². The number of hydrogen-bond donors (Lipinski definition) is 3. The lowest BCUT2D eigenvalue weighted by atomic mass is 9.83. The number of sulfonamides is 1. The second-order valence-electron chi connectivity index (χ2n) is 21.1. The molecule has 2 unspecified atom stereocenters. The molecule has 15 nitrogen and oxygen atoms in total. The number of hydroxylamine groups is 1. The lowest BCUT2D eigenvalue weighted by Gasteiger charge is -2.39. The summed E-state index contributed by atoms with van der Waals surface area (Å²) in [5, 5.41) is 7.99. The molecule has 9 aliphatic rings. The fraction of sp³-hybridized carbons (Fsp3) is 0.714. The van der Waals surface area contributed by atoms with E-state index in [0.29, 0.717) is 37.2 Å². The van der Waals surface area contributed by atoms with E-state index in [1.165, 1.54) is 17.7 Å². The maximum absolute atomic E-state index is 15.1. The Morgan fingerprint density at radius 1 is 0.938 bits per heavy atom. The zero-order chi connectivity index (χ0) is 45.3. The van der Waals surface area contributed by atoms with E-state index in [2.05, 4.69) is 57.2 Å². The first-order valence-electron chi connectivity index (χ1n) is 24.7. The van der Waals surface area contributed by atoms with Crippen LogP contribution in [0.1, 0.15) is 134 Å². The third-order valence-corrected chi connectivity index (χ3v) is 18.9. The molecule has 5 heterocycles. The normalized spacial score (nSPS) is 35.8. The summed E-state index contributed by atoms with van der Waals surface area (Å²) in [4.78, 5) is 68.4. The second-order valence-corrected chi connectivity index (χ2v) is 23.3. The molecule has 9 atom stereocenters. The predicted molar refractivity (Wildman–Crippen MR) is 244 cm³/mol. The molecule has 4 saturated carbocycles. The van der Waals surface area contributed by atoms with E-state index in [-0.39, 0.29) is 43.4 Å². The molecule has 4 amide bonds. The fourth-order valence-corrected chi connectivity index (χ4v) is 13.4. The van der Waals surface area contributed by atoms with E-state index in [4.69, 9.17) is 14.3 Å². The summed E-state index contributed by atoms with van der Waals surface area (Å²) in [7, 11) is -1.76. The summed E-state index contributed by atoms with van der Waals surface area (Å²) in [6, 6.07) is 3.12. The van der Waals surface area contributed by atoms with Crippen molar-refractivity contribution in [1.29, 1.82) is 0 Å². The minimum absolute atomic E-state index is 0.0629. The van der Waals surface area contributed by atoms with Crippen LogP contribution in [-0.2, 0) is 40.4 Å². The second kappa shape index (κ2) is 17.5. The van der Waals surface area contributed by atoms with Crippen molar-refractivity contribution in [2.24, 2.45) is 17.8 Å². The molecule has 16 heteroatoms. The van der Waals surface area contributed by atoms with Crippen LogP contribution in [0.2, 0.25) is 0 Å². The van der Waals surface area contributed by atoms with Crippen LogP contribution in [-0.4, -0.2) is 115 Å². The standard InChI is InChI=1S/C49H68N6O9S/c1-4-33-28-49(33,46(58)52-65(60,61)48(2)21-22-48)51-44(56)39-27-37-29-54(39)45(57)42(30-12-7-5-8-13-30)50-47(59)63-41-24-32(41)14-9-6-10-16-38-40(62-37)20-17-31-15-11-23-55(43(31)38)64-36-25-34-18-19-35(26-36)53(34)3/h4,11,15,17,20,30,32-37,39,41-42H,1,5-10,12-14,16,18-19,21-29H2,2-3H3,(H,50,59)(H,51,56)(H,52,58)/t32-,33-,34?,35?,36?,37-,39+,41-,42+,49-/m1/s1. The van der Waals surface area contributed by atoms with Gasteiger partial charge in [-0.1, -0.05) is 50.3 Å². The minimum Gasteiger partial charge on any atom is -0.488 e. The number of amides is 4. The molecular formula is C49H68N6O9S. The number of alkyl carbamates (subject to hydrolysis) is 1. The molecule has 0 aromatic heterocycles. The molecule has 7 fully saturated rings. The number of rotatable bonds is 9. The average molecular weight is 917 g/mol. The van der Waals surface area contributed by atoms with E-state index >= 15 is 4.79 Å². The Balaban J connectivity index is 0.968. The Labute approximate surface area is 383 Å². The van der Waals surface area contributed by atoms with Crippen LogP contribution in [0.25, 0.3) is 6.08 Å². The molecule has 3 N–H and O–H groups in total. The Morgan fingerprint density at radius 3 is 2.37 bits per heavy atom. The Kier molecular flexibility index (Phi) is 12.0. The van der Waals surface area contributed by atoms with Gasteiger partial charge in [0, 0.05) is 35.5 Å². The largest absolute Gasteiger partial charge is 0.488 e. The Morgan fingerprint density at radius 2 is 1.66 bits per heavy atom. The highest BCUT2D eigenvalue weighted by atomic mass is 32.2. The van der Waals surface area contributed by atoms with Crippen molar-refractivity contribution >= 4 is 45.6 Å². The molecule has 4 aliphatic carbocycles. The molecular weight excluding hydrogens is 849 g/mol. The molecule has 1 aromatic carbocycles. The molecule has 0 radical (unpaired) electrons. The maximum Gasteiger partial charge on any atom is 0.408 e. The maximum atomic E-state index is 15.1. The number of hydrogen-bond acceptors (Lipinski definition) is 11. The van der Waals surface area contributed by atoms with Gasteiger partial charge < -0.3 is 29.9 Å². The number of nitrogens with one attached hydrogen (secondary N) is 3. The number of carbonyl (C=O) groups is 4. The average Bonchev–Trinajstić information content (AvgIpc) is 4.25. The van der Waals surface area contributed by atoms with Crippen molar-refractivity contribution in [3.8, 4) is 5.75 Å². The van der Waals surface area contributed by atoms with Crippen LogP contribution in [0.5, 0.6) is 5.75 Å². The number of benzene rings is 1. The summed E-state index contributed by atoms with van der Waals surface area (Å²) in [5.41, 5.74) is 1.57. The van der Waals surface area contributed by atoms with Gasteiger partial charge in [0.25, 0.3) is 5.91 Å². The molecule has 5 aliphatic heterocycles. The highest BCUT2D eigenvalue weighted by molar-refractivity contribution is 7.91. The van der Waals surface area contributed by atoms with E-state index in [1.807, 2.05) is 6.07 Å². The molecule has 10 rings (SSSR count). The predicted octanol–water partition coefficient (Wildman–Crippen LogP) is 5.66. The van der Waals surface area contributed by atoms with Crippen molar-refractivity contribution in [1.82, 2.24) is 25.2 Å². The monoisotopic (exact) mass is 916 g/mol. The number of nitrogens with zero attached hydrogens (tertiary/aromatic N) is 3. The van der Waals surface area contributed by atoms with Crippen LogP contribution in [0.3, 0.4) is 0 Å². The zero-order valence-electron chi connectivity index (χ0n) is 38.1. The first kappa shape index (κ1) is 44.7. The minimum atomic E-state index is -4.00. The van der Waals surface area contributed by atoms with Gasteiger partial charge in [0.15, 0.2) is 0 Å². The third kappa shape index (κ3) is 8.80. The zero-order valence-corrected chi connectivity index (χ0v) is 39.0. The van der Waals surface area contributed by atoms with Crippen molar-refractivity contribution in [3.63, 3.8) is 0 Å². The first-order chi connectivity index (χ1) is 31.3. The summed E-state index contributed by atoms with van der Waals surface area (Å²) < 4.78 is 40.7. The number of carbonyl (C=O) groups excluding carboxylic acids is 4. The highest BCUT2D eigenvalue weighted by Gasteiger charge is 2.63. The van der Waals surface area contributed by atoms with E-state index in [0.717, 1.165) is 100 Å². The van der Waals surface area contributed by atoms with Gasteiger partial charge in [-0.3, -0.25) is 23.9 Å². The lowest BCUT2D eigenvalue weighted by Crippen LogP contribution is -2.59. The van der Waals surface area contributed by atoms with Gasteiger partial charge in [0.1, 0.15) is 35.6 Å². The summed E-state index contributed by atoms with van der Waals surface area (Å²) in [6.07, 6.45) is 19.9. The number of anilines is 1. The van der Waals surface area contributed by atoms with E-state index < -0.39 is 68.2 Å². The molecule has 65 heavy (non-hydrogen) atoms. The number of ether oxygens (including phenoxy) is 2. The van der Waals surface area contributed by atoms with Gasteiger partial charge in [-0.25, -0.2) is 18.3 Å². The third-order valence-electron chi connectivity index (χ3n) is 16.7. The van der Waals surface area contributed by atoms with Crippen molar-refractivity contribution in [2.75, 3.05) is 25.2 Å². The fourth-order valence-electron chi connectivity index (χ4n) is 12.1. The van der Waals surface area contributed by atoms with Crippen LogP contribution in [0.4, 0.5) is 10.5 Å². The van der Waals surface area contributed by atoms with Crippen molar-refractivity contribution in [3.05, 3.63) is 42.0 Å². The van der Waals surface area contributed by atoms with E-state index in [1.54, 1.807) is 13.0 Å². The highest BCUT2D eigenvalue weighted by Crippen LogP contribution is 2.48. The first-order valence-corrected chi connectivity index (χ1v) is 26.2. The van der Waals surface area contributed by atoms with Gasteiger partial charge in [-0.2, -0.15) is 0 Å². The summed E-state index contributed by atoms with van der Waals surface area (Å²) >= 11 is 0. The van der Waals surface area contributed by atoms with Gasteiger partial charge in [0.2, 0.25) is 21.8 Å². The summed E-state index contributed by atoms with van der Waals surface area (Å²) in [6.45, 7) is 6.15. The Hall–Kier alpha value is -4.15. The van der Waals surface area contributed by atoms with Gasteiger partial charge >= 0.3 is 6.09 Å². The molecule has 354 valence electrons. The SMILES string of the molecule is C=C[C@@H]1C[C@]1(NC(=O)[C@@H]1C[C@@H]2CN1C(=O)[C@H](C1CCCCC1)NC(=O)O[C@@H]1C[C@H]1CCCCCc1c(ccc3c1N(OC1CC4CCC(C1)N4C)CC=C3)O2)C(=O)NS(=O)(=O)C1(C)CC1. The Bertz CT molecular complexity index is 2200.